The summed E-state index contributed by atoms with van der Waals surface area (Å²) in [5.74, 6) is 3.71. The van der Waals surface area contributed by atoms with Crippen molar-refractivity contribution in [1.82, 2.24) is 4.90 Å². The van der Waals surface area contributed by atoms with Gasteiger partial charge in [0, 0.05) is 25.6 Å². The Bertz CT molecular complexity index is 384. The van der Waals surface area contributed by atoms with Crippen LogP contribution in [-0.2, 0) is 4.79 Å². The number of carbonyl (C=O) groups excluding carboxylic acids is 1. The van der Waals surface area contributed by atoms with E-state index in [1.807, 2.05) is 7.05 Å². The average molecular weight is 292 g/mol. The zero-order valence-corrected chi connectivity index (χ0v) is 14.1. The molecule has 4 aliphatic rings. The Balaban J connectivity index is 1.65. The van der Waals surface area contributed by atoms with E-state index in [2.05, 4.69) is 25.7 Å². The van der Waals surface area contributed by atoms with Gasteiger partial charge in [0.25, 0.3) is 0 Å². The molecule has 3 nitrogen and oxygen atoms in total. The second kappa shape index (κ2) is 5.26. The smallest absolute Gasteiger partial charge is 0.224 e. The van der Waals surface area contributed by atoms with Gasteiger partial charge in [-0.05, 0) is 61.2 Å². The maximum absolute atomic E-state index is 12.7. The molecule has 0 heterocycles. The van der Waals surface area contributed by atoms with Gasteiger partial charge in [-0.25, -0.2) is 0 Å². The highest BCUT2D eigenvalue weighted by Crippen LogP contribution is 2.55. The monoisotopic (exact) mass is 292 g/mol. The molecule has 0 aromatic carbocycles. The molecule has 0 radical (unpaired) electrons. The molecule has 1 amide bonds. The van der Waals surface area contributed by atoms with Gasteiger partial charge in [0.2, 0.25) is 5.91 Å². The number of hydrogen-bond donors (Lipinski definition) is 1. The van der Waals surface area contributed by atoms with Crippen LogP contribution in [0.15, 0.2) is 0 Å². The molecule has 0 aliphatic heterocycles. The van der Waals surface area contributed by atoms with Crippen LogP contribution in [0.25, 0.3) is 0 Å². The summed E-state index contributed by atoms with van der Waals surface area (Å²) in [4.78, 5) is 14.8. The molecule has 1 unspecified atom stereocenters. The van der Waals surface area contributed by atoms with Crippen molar-refractivity contribution in [3.63, 3.8) is 0 Å². The second-order valence-corrected chi connectivity index (χ2v) is 9.10. The molecule has 0 saturated heterocycles. The number of nitrogens with zero attached hydrogens (tertiary/aromatic N) is 1. The maximum atomic E-state index is 12.7. The van der Waals surface area contributed by atoms with E-state index in [1.165, 1.54) is 32.1 Å². The molecule has 4 fully saturated rings. The van der Waals surface area contributed by atoms with E-state index in [-0.39, 0.29) is 17.4 Å². The van der Waals surface area contributed by atoms with E-state index in [1.54, 1.807) is 0 Å². The quantitative estimate of drug-likeness (QED) is 0.869. The molecule has 21 heavy (non-hydrogen) atoms. The first kappa shape index (κ1) is 15.3. The van der Waals surface area contributed by atoms with Crippen LogP contribution in [0.2, 0.25) is 0 Å². The van der Waals surface area contributed by atoms with Crippen LogP contribution < -0.4 is 5.73 Å². The molecule has 2 N–H and O–H groups in total. The first-order valence-corrected chi connectivity index (χ1v) is 8.77. The molecule has 1 atom stereocenters. The minimum absolute atomic E-state index is 0.000560. The minimum atomic E-state index is -0.0516. The highest BCUT2D eigenvalue weighted by molar-refractivity contribution is 5.77. The Morgan fingerprint density at radius 3 is 2.00 bits per heavy atom. The van der Waals surface area contributed by atoms with Crippen molar-refractivity contribution in [2.75, 3.05) is 7.05 Å². The van der Waals surface area contributed by atoms with Crippen molar-refractivity contribution in [2.24, 2.45) is 34.8 Å². The third-order valence-corrected chi connectivity index (χ3v) is 6.52. The lowest BCUT2D eigenvalue weighted by Crippen LogP contribution is -2.57. The molecule has 4 saturated carbocycles. The number of rotatable bonds is 3. The third kappa shape index (κ3) is 2.86. The molecular formula is C18H32N2O. The minimum Gasteiger partial charge on any atom is -0.342 e. The average Bonchev–Trinajstić information content (AvgIpc) is 2.35. The summed E-state index contributed by atoms with van der Waals surface area (Å²) in [6.07, 6.45) is 7.40. The number of carbonyl (C=O) groups is 1. The van der Waals surface area contributed by atoms with E-state index < -0.39 is 0 Å². The molecule has 0 spiro atoms. The Kier molecular flexibility index (Phi) is 3.84. The first-order chi connectivity index (χ1) is 9.75. The van der Waals surface area contributed by atoms with E-state index in [0.717, 1.165) is 23.7 Å². The van der Waals surface area contributed by atoms with Crippen molar-refractivity contribution >= 4 is 5.91 Å². The fourth-order valence-corrected chi connectivity index (χ4v) is 5.33. The van der Waals surface area contributed by atoms with E-state index in [4.69, 9.17) is 5.73 Å². The Morgan fingerprint density at radius 2 is 1.57 bits per heavy atom. The molecule has 120 valence electrons. The zero-order chi connectivity index (χ0) is 15.4. The number of hydrogen-bond acceptors (Lipinski definition) is 2. The van der Waals surface area contributed by atoms with Crippen molar-refractivity contribution < 1.29 is 4.79 Å². The summed E-state index contributed by atoms with van der Waals surface area (Å²) < 4.78 is 0. The van der Waals surface area contributed by atoms with Crippen molar-refractivity contribution in [2.45, 2.75) is 71.4 Å². The maximum Gasteiger partial charge on any atom is 0.224 e. The SMILES string of the molecule is CN(C(=O)CC(N)C(C)(C)C)C1C2CC3CC(C2)CC1C3. The molecule has 4 rings (SSSR count). The summed E-state index contributed by atoms with van der Waals surface area (Å²) in [6.45, 7) is 6.36. The molecule has 0 aromatic rings. The van der Waals surface area contributed by atoms with E-state index in [9.17, 15) is 4.79 Å². The lowest BCUT2D eigenvalue weighted by molar-refractivity contribution is -0.142. The van der Waals surface area contributed by atoms with Crippen LogP contribution in [0.3, 0.4) is 0 Å². The fraction of sp³-hybridized carbons (Fsp3) is 0.944. The highest BCUT2D eigenvalue weighted by atomic mass is 16.2. The summed E-state index contributed by atoms with van der Waals surface area (Å²) in [6, 6.07) is 0.446. The first-order valence-electron chi connectivity index (χ1n) is 8.77. The van der Waals surface area contributed by atoms with Crippen molar-refractivity contribution in [3.8, 4) is 0 Å². The topological polar surface area (TPSA) is 46.3 Å². The van der Waals surface area contributed by atoms with Crippen molar-refractivity contribution in [1.29, 1.82) is 0 Å². The summed E-state index contributed by atoms with van der Waals surface area (Å²) in [5, 5.41) is 0. The molecular weight excluding hydrogens is 260 g/mol. The van der Waals surface area contributed by atoms with Gasteiger partial charge in [0.05, 0.1) is 0 Å². The lowest BCUT2D eigenvalue weighted by Gasteiger charge is -2.56. The van der Waals surface area contributed by atoms with Gasteiger partial charge >= 0.3 is 0 Å². The molecule has 0 aromatic heterocycles. The fourth-order valence-electron chi connectivity index (χ4n) is 5.33. The van der Waals surface area contributed by atoms with Crippen LogP contribution in [0.1, 0.15) is 59.3 Å². The predicted octanol–water partition coefficient (Wildman–Crippen LogP) is 3.03. The molecule has 4 aliphatic carbocycles. The summed E-state index contributed by atoms with van der Waals surface area (Å²) in [7, 11) is 2.03. The summed E-state index contributed by atoms with van der Waals surface area (Å²) in [5.41, 5.74) is 6.22. The second-order valence-electron chi connectivity index (χ2n) is 9.10. The van der Waals surface area contributed by atoms with Gasteiger partial charge < -0.3 is 10.6 Å². The van der Waals surface area contributed by atoms with Crippen molar-refractivity contribution in [3.05, 3.63) is 0 Å². The van der Waals surface area contributed by atoms with Gasteiger partial charge in [0.1, 0.15) is 0 Å². The predicted molar refractivity (Wildman–Crippen MR) is 85.7 cm³/mol. The normalized spacial score (nSPS) is 39.4. The standard InChI is InChI=1S/C18H32N2O/c1-18(2,3)15(19)10-16(21)20(4)17-13-6-11-5-12(8-13)9-14(17)7-11/h11-15,17H,5-10,19H2,1-4H3. The van der Waals surface area contributed by atoms with Crippen LogP contribution in [0, 0.1) is 29.1 Å². The Morgan fingerprint density at radius 1 is 1.10 bits per heavy atom. The highest BCUT2D eigenvalue weighted by Gasteiger charge is 2.50. The van der Waals surface area contributed by atoms with Gasteiger partial charge in [-0.3, -0.25) is 4.79 Å². The van der Waals surface area contributed by atoms with Crippen LogP contribution in [-0.4, -0.2) is 29.9 Å². The number of amides is 1. The van der Waals surface area contributed by atoms with Gasteiger partial charge in [-0.2, -0.15) is 0 Å². The zero-order valence-electron chi connectivity index (χ0n) is 14.1. The van der Waals surface area contributed by atoms with Crippen LogP contribution in [0.5, 0.6) is 0 Å². The Hall–Kier alpha value is -0.570. The van der Waals surface area contributed by atoms with E-state index in [0.29, 0.717) is 12.5 Å². The van der Waals surface area contributed by atoms with Gasteiger partial charge in [-0.15, -0.1) is 0 Å². The van der Waals surface area contributed by atoms with Crippen LogP contribution in [0.4, 0.5) is 0 Å². The number of nitrogens with two attached hydrogens (primary N) is 1. The van der Waals surface area contributed by atoms with Crippen LogP contribution >= 0.6 is 0 Å². The largest absolute Gasteiger partial charge is 0.342 e. The lowest BCUT2D eigenvalue weighted by atomic mass is 9.54. The van der Waals surface area contributed by atoms with Gasteiger partial charge in [-0.1, -0.05) is 20.8 Å². The Labute approximate surface area is 129 Å². The summed E-state index contributed by atoms with van der Waals surface area (Å²) >= 11 is 0. The molecule has 3 heteroatoms. The molecule has 4 bridgehead atoms. The third-order valence-electron chi connectivity index (χ3n) is 6.52. The van der Waals surface area contributed by atoms with E-state index >= 15 is 0 Å². The van der Waals surface area contributed by atoms with Gasteiger partial charge in [0.15, 0.2) is 0 Å².